The van der Waals surface area contributed by atoms with Gasteiger partial charge in [0.05, 0.1) is 0 Å². The highest BCUT2D eigenvalue weighted by Crippen LogP contribution is 2.21. The first kappa shape index (κ1) is 11.5. The molecule has 0 nitrogen and oxygen atoms in total. The molecule has 0 atom stereocenters. The van der Waals surface area contributed by atoms with E-state index < -0.39 is 0 Å². The van der Waals surface area contributed by atoms with Gasteiger partial charge in [-0.1, -0.05) is 25.0 Å². The largest absolute Gasteiger partial charge is 0.0732 e. The Hall–Kier alpha value is -0.520. The van der Waals surface area contributed by atoms with Gasteiger partial charge in [0, 0.05) is 0 Å². The van der Waals surface area contributed by atoms with Gasteiger partial charge in [0.15, 0.2) is 0 Å². The predicted molar refractivity (Wildman–Crippen MR) is 57.3 cm³/mol. The first-order valence-electron chi connectivity index (χ1n) is 4.87. The monoisotopic (exact) mass is 166 g/mol. The van der Waals surface area contributed by atoms with Gasteiger partial charge in [-0.3, -0.25) is 0 Å². The molecule has 0 heterocycles. The Kier molecular flexibility index (Phi) is 4.96. The van der Waals surface area contributed by atoms with Gasteiger partial charge in [0.1, 0.15) is 0 Å². The summed E-state index contributed by atoms with van der Waals surface area (Å²) in [5, 5.41) is 0. The molecule has 0 aromatic heterocycles. The zero-order valence-corrected chi connectivity index (χ0v) is 9.41. The topological polar surface area (TPSA) is 0 Å². The maximum Gasteiger partial charge on any atom is -0.0343 e. The molecule has 0 radical (unpaired) electrons. The lowest BCUT2D eigenvalue weighted by molar-refractivity contribution is 0.945. The van der Waals surface area contributed by atoms with E-state index in [1.165, 1.54) is 29.6 Å². The Balaban J connectivity index is 4.88. The minimum Gasteiger partial charge on any atom is -0.0732 e. The summed E-state index contributed by atoms with van der Waals surface area (Å²) in [6.07, 6.45) is 2.37. The normalized spacial score (nSPS) is 9.50. The van der Waals surface area contributed by atoms with E-state index in [9.17, 15) is 0 Å². The third kappa shape index (κ3) is 2.84. The van der Waals surface area contributed by atoms with Crippen LogP contribution in [0.5, 0.6) is 0 Å². The molecule has 0 saturated carbocycles. The van der Waals surface area contributed by atoms with E-state index in [0.29, 0.717) is 0 Å². The Morgan fingerprint density at radius 3 is 1.42 bits per heavy atom. The quantitative estimate of drug-likeness (QED) is 0.542. The second-order valence-corrected chi connectivity index (χ2v) is 3.56. The molecular weight excluding hydrogens is 144 g/mol. The van der Waals surface area contributed by atoms with Gasteiger partial charge >= 0.3 is 0 Å². The number of rotatable bonds is 3. The SMILES string of the molecule is CCC(CC)=C(C)C(C)=C(C)C. The van der Waals surface area contributed by atoms with Gasteiger partial charge in [0.25, 0.3) is 0 Å². The van der Waals surface area contributed by atoms with E-state index in [2.05, 4.69) is 41.5 Å². The van der Waals surface area contributed by atoms with E-state index in [1.54, 1.807) is 5.57 Å². The van der Waals surface area contributed by atoms with Crippen LogP contribution in [-0.2, 0) is 0 Å². The van der Waals surface area contributed by atoms with Gasteiger partial charge in [0.2, 0.25) is 0 Å². The molecule has 0 unspecified atom stereocenters. The van der Waals surface area contributed by atoms with Crippen molar-refractivity contribution in [2.75, 3.05) is 0 Å². The van der Waals surface area contributed by atoms with E-state index in [1.807, 2.05) is 0 Å². The van der Waals surface area contributed by atoms with Crippen LogP contribution >= 0.6 is 0 Å². The van der Waals surface area contributed by atoms with E-state index >= 15 is 0 Å². The Morgan fingerprint density at radius 1 is 0.750 bits per heavy atom. The lowest BCUT2D eigenvalue weighted by Crippen LogP contribution is -1.90. The van der Waals surface area contributed by atoms with E-state index in [-0.39, 0.29) is 0 Å². The predicted octanol–water partition coefficient (Wildman–Crippen LogP) is 4.48. The molecular formula is C12H22. The van der Waals surface area contributed by atoms with Crippen molar-refractivity contribution in [1.29, 1.82) is 0 Å². The molecule has 70 valence electrons. The number of hydrogen-bond donors (Lipinski definition) is 0. The van der Waals surface area contributed by atoms with Crippen molar-refractivity contribution in [3.05, 3.63) is 22.3 Å². The fraction of sp³-hybridized carbons (Fsp3) is 0.667. The minimum absolute atomic E-state index is 1.19. The van der Waals surface area contributed by atoms with Crippen molar-refractivity contribution in [1.82, 2.24) is 0 Å². The smallest absolute Gasteiger partial charge is 0.0343 e. The fourth-order valence-corrected chi connectivity index (χ4v) is 1.42. The summed E-state index contributed by atoms with van der Waals surface area (Å²) in [5.74, 6) is 0. The van der Waals surface area contributed by atoms with E-state index in [4.69, 9.17) is 0 Å². The van der Waals surface area contributed by atoms with Crippen LogP contribution in [0.1, 0.15) is 54.4 Å². The third-order valence-electron chi connectivity index (χ3n) is 2.70. The first-order chi connectivity index (χ1) is 5.54. The van der Waals surface area contributed by atoms with Crippen LogP contribution in [0.25, 0.3) is 0 Å². The van der Waals surface area contributed by atoms with Crippen LogP contribution < -0.4 is 0 Å². The van der Waals surface area contributed by atoms with E-state index in [0.717, 1.165) is 0 Å². The van der Waals surface area contributed by atoms with Crippen LogP contribution in [0.4, 0.5) is 0 Å². The Labute approximate surface area is 77.4 Å². The maximum atomic E-state index is 2.24. The molecule has 0 aliphatic carbocycles. The zero-order valence-electron chi connectivity index (χ0n) is 9.41. The van der Waals surface area contributed by atoms with Crippen molar-refractivity contribution in [2.45, 2.75) is 54.4 Å². The average Bonchev–Trinajstić information content (AvgIpc) is 2.05. The average molecular weight is 166 g/mol. The summed E-state index contributed by atoms with van der Waals surface area (Å²) >= 11 is 0. The van der Waals surface area contributed by atoms with Gasteiger partial charge < -0.3 is 0 Å². The molecule has 0 heteroatoms. The third-order valence-corrected chi connectivity index (χ3v) is 2.70. The summed E-state index contributed by atoms with van der Waals surface area (Å²) in [6.45, 7) is 13.3. The molecule has 0 saturated heterocycles. The van der Waals surface area contributed by atoms with Crippen molar-refractivity contribution in [2.24, 2.45) is 0 Å². The zero-order chi connectivity index (χ0) is 9.72. The van der Waals surface area contributed by atoms with Crippen molar-refractivity contribution in [3.63, 3.8) is 0 Å². The number of allylic oxidation sites excluding steroid dienone is 4. The van der Waals surface area contributed by atoms with Crippen LogP contribution in [0.2, 0.25) is 0 Å². The Bertz CT molecular complexity index is 194. The van der Waals surface area contributed by atoms with Gasteiger partial charge in [-0.15, -0.1) is 0 Å². The summed E-state index contributed by atoms with van der Waals surface area (Å²) in [4.78, 5) is 0. The van der Waals surface area contributed by atoms with Gasteiger partial charge in [-0.2, -0.15) is 0 Å². The highest BCUT2D eigenvalue weighted by molar-refractivity contribution is 5.34. The molecule has 0 fully saturated rings. The number of hydrogen-bond acceptors (Lipinski definition) is 0. The summed E-state index contributed by atoms with van der Waals surface area (Å²) in [6, 6.07) is 0. The fourth-order valence-electron chi connectivity index (χ4n) is 1.42. The molecule has 0 amide bonds. The lowest BCUT2D eigenvalue weighted by atomic mass is 9.96. The molecule has 0 aromatic carbocycles. The van der Waals surface area contributed by atoms with Crippen LogP contribution in [-0.4, -0.2) is 0 Å². The lowest BCUT2D eigenvalue weighted by Gasteiger charge is -2.10. The highest BCUT2D eigenvalue weighted by Gasteiger charge is 2.00. The molecule has 0 aliphatic rings. The molecule has 0 N–H and O–H groups in total. The maximum absolute atomic E-state index is 2.24. The molecule has 0 aromatic rings. The van der Waals surface area contributed by atoms with Gasteiger partial charge in [-0.25, -0.2) is 0 Å². The Morgan fingerprint density at radius 2 is 1.17 bits per heavy atom. The summed E-state index contributed by atoms with van der Waals surface area (Å²) in [5.41, 5.74) is 5.99. The second kappa shape index (κ2) is 5.18. The molecule has 0 bridgehead atoms. The van der Waals surface area contributed by atoms with Gasteiger partial charge in [-0.05, 0) is 51.7 Å². The van der Waals surface area contributed by atoms with Crippen molar-refractivity contribution < 1.29 is 0 Å². The van der Waals surface area contributed by atoms with Crippen LogP contribution in [0.15, 0.2) is 22.3 Å². The molecule has 0 aliphatic heterocycles. The van der Waals surface area contributed by atoms with Crippen molar-refractivity contribution in [3.8, 4) is 0 Å². The summed E-state index contributed by atoms with van der Waals surface area (Å²) in [7, 11) is 0. The minimum atomic E-state index is 1.19. The highest BCUT2D eigenvalue weighted by atomic mass is 14.1. The molecule has 0 rings (SSSR count). The second-order valence-electron chi connectivity index (χ2n) is 3.56. The first-order valence-corrected chi connectivity index (χ1v) is 4.87. The van der Waals surface area contributed by atoms with Crippen LogP contribution in [0, 0.1) is 0 Å². The van der Waals surface area contributed by atoms with Crippen LogP contribution in [0.3, 0.4) is 0 Å². The molecule has 12 heavy (non-hydrogen) atoms. The molecule has 0 spiro atoms. The van der Waals surface area contributed by atoms with Crippen molar-refractivity contribution >= 4 is 0 Å². The summed E-state index contributed by atoms with van der Waals surface area (Å²) < 4.78 is 0. The standard InChI is InChI=1S/C12H22/c1-7-12(8-2)11(6)10(5)9(3)4/h7-8H2,1-6H3.